The van der Waals surface area contributed by atoms with Crippen molar-refractivity contribution in [2.24, 2.45) is 0 Å². The number of carbonyl (C=O) groups excluding carboxylic acids is 1. The van der Waals surface area contributed by atoms with E-state index in [1.807, 2.05) is 19.1 Å². The van der Waals surface area contributed by atoms with Gasteiger partial charge in [-0.1, -0.05) is 17.7 Å². The molecule has 1 unspecified atom stereocenters. The molecule has 13 heavy (non-hydrogen) atoms. The Kier molecular flexibility index (Phi) is 3.37. The minimum atomic E-state index is -1.17. The van der Waals surface area contributed by atoms with E-state index in [9.17, 15) is 9.00 Å². The third-order valence-electron chi connectivity index (χ3n) is 1.62. The van der Waals surface area contributed by atoms with E-state index < -0.39 is 10.8 Å². The summed E-state index contributed by atoms with van der Waals surface area (Å²) >= 11 is 0. The molecular weight excluding hydrogens is 184 g/mol. The van der Waals surface area contributed by atoms with Gasteiger partial charge in [-0.25, -0.2) is 0 Å². The van der Waals surface area contributed by atoms with E-state index >= 15 is 0 Å². The van der Waals surface area contributed by atoms with Crippen LogP contribution in [0.3, 0.4) is 0 Å². The van der Waals surface area contributed by atoms with Crippen LogP contribution in [-0.4, -0.2) is 15.7 Å². The quantitative estimate of drug-likeness (QED) is 0.737. The van der Waals surface area contributed by atoms with Gasteiger partial charge in [-0.3, -0.25) is 9.00 Å². The molecule has 0 fully saturated rings. The summed E-state index contributed by atoms with van der Waals surface area (Å²) in [5.41, 5.74) is 1.13. The highest BCUT2D eigenvalue weighted by molar-refractivity contribution is 7.85. The number of rotatable bonds is 3. The summed E-state index contributed by atoms with van der Waals surface area (Å²) in [6.45, 7) is 3.42. The normalized spacial score (nSPS) is 12.5. The summed E-state index contributed by atoms with van der Waals surface area (Å²) in [7, 11) is -1.17. The highest BCUT2D eigenvalue weighted by Crippen LogP contribution is 2.08. The molecule has 70 valence electrons. The maximum atomic E-state index is 11.5. The molecule has 0 spiro atoms. The van der Waals surface area contributed by atoms with Gasteiger partial charge in [0.25, 0.3) is 0 Å². The van der Waals surface area contributed by atoms with E-state index in [1.54, 1.807) is 12.1 Å². The number of ketones is 1. The zero-order valence-electron chi connectivity index (χ0n) is 7.74. The molecule has 3 heteroatoms. The van der Waals surface area contributed by atoms with Gasteiger partial charge in [0.15, 0.2) is 0 Å². The Morgan fingerprint density at radius 1 is 1.31 bits per heavy atom. The lowest BCUT2D eigenvalue weighted by Crippen LogP contribution is -2.06. The fraction of sp³-hybridized carbons (Fsp3) is 0.300. The second kappa shape index (κ2) is 4.33. The molecule has 1 aromatic rings. The molecule has 0 heterocycles. The van der Waals surface area contributed by atoms with Crippen LogP contribution in [0, 0.1) is 6.92 Å². The lowest BCUT2D eigenvalue weighted by Gasteiger charge is -1.99. The Labute approximate surface area is 80.4 Å². The van der Waals surface area contributed by atoms with Gasteiger partial charge in [0.1, 0.15) is 5.78 Å². The van der Waals surface area contributed by atoms with Crippen molar-refractivity contribution in [3.8, 4) is 0 Å². The van der Waals surface area contributed by atoms with Gasteiger partial charge < -0.3 is 0 Å². The van der Waals surface area contributed by atoms with Crippen molar-refractivity contribution in [3.05, 3.63) is 29.8 Å². The molecule has 0 N–H and O–H groups in total. The molecule has 0 radical (unpaired) electrons. The zero-order chi connectivity index (χ0) is 9.84. The van der Waals surface area contributed by atoms with Crippen molar-refractivity contribution in [1.29, 1.82) is 0 Å². The van der Waals surface area contributed by atoms with Crippen LogP contribution >= 0.6 is 0 Å². The van der Waals surface area contributed by atoms with Crippen molar-refractivity contribution in [3.63, 3.8) is 0 Å². The summed E-state index contributed by atoms with van der Waals surface area (Å²) in [5, 5.41) is 0. The average molecular weight is 196 g/mol. The molecule has 0 amide bonds. The second-order valence-corrected chi connectivity index (χ2v) is 4.46. The first kappa shape index (κ1) is 10.1. The van der Waals surface area contributed by atoms with E-state index in [-0.39, 0.29) is 11.5 Å². The standard InChI is InChI=1S/C10H12O2S/c1-8-3-5-10(6-4-8)13(12)7-9(2)11/h3-6H,7H2,1-2H3. The molecule has 1 aromatic carbocycles. The molecule has 1 atom stereocenters. The Balaban J connectivity index is 2.78. The molecule has 0 saturated carbocycles. The van der Waals surface area contributed by atoms with Crippen molar-refractivity contribution in [2.45, 2.75) is 18.7 Å². The molecule has 0 bridgehead atoms. The minimum absolute atomic E-state index is 0.0427. The zero-order valence-corrected chi connectivity index (χ0v) is 8.56. The lowest BCUT2D eigenvalue weighted by atomic mass is 10.2. The van der Waals surface area contributed by atoms with Gasteiger partial charge in [-0.2, -0.15) is 0 Å². The topological polar surface area (TPSA) is 34.1 Å². The molecule has 0 aliphatic heterocycles. The third-order valence-corrected chi connectivity index (χ3v) is 3.08. The number of benzene rings is 1. The monoisotopic (exact) mass is 196 g/mol. The van der Waals surface area contributed by atoms with Crippen molar-refractivity contribution in [1.82, 2.24) is 0 Å². The first-order valence-corrected chi connectivity index (χ1v) is 5.36. The SMILES string of the molecule is CC(=O)CS(=O)c1ccc(C)cc1. The summed E-state index contributed by atoms with van der Waals surface area (Å²) in [6.07, 6.45) is 0. The molecule has 0 aliphatic rings. The molecule has 0 aliphatic carbocycles. The fourth-order valence-electron chi connectivity index (χ4n) is 0.958. The minimum Gasteiger partial charge on any atom is -0.299 e. The van der Waals surface area contributed by atoms with Crippen molar-refractivity contribution < 1.29 is 9.00 Å². The predicted octanol–water partition coefficient (Wildman–Crippen LogP) is 1.69. The van der Waals surface area contributed by atoms with Gasteiger partial charge >= 0.3 is 0 Å². The first-order chi connectivity index (χ1) is 6.09. The van der Waals surface area contributed by atoms with Crippen LogP contribution in [0.5, 0.6) is 0 Å². The highest BCUT2D eigenvalue weighted by Gasteiger charge is 2.05. The van der Waals surface area contributed by atoms with Crippen LogP contribution in [0.15, 0.2) is 29.2 Å². The van der Waals surface area contributed by atoms with Crippen LogP contribution in [0.25, 0.3) is 0 Å². The van der Waals surface area contributed by atoms with E-state index in [1.165, 1.54) is 6.92 Å². The van der Waals surface area contributed by atoms with Gasteiger partial charge in [-0.05, 0) is 26.0 Å². The Hall–Kier alpha value is -0.960. The van der Waals surface area contributed by atoms with Gasteiger partial charge in [0.05, 0.1) is 16.6 Å². The summed E-state index contributed by atoms with van der Waals surface area (Å²) in [5.74, 6) is 0.0715. The van der Waals surface area contributed by atoms with E-state index in [0.29, 0.717) is 0 Å². The largest absolute Gasteiger partial charge is 0.299 e. The summed E-state index contributed by atoms with van der Waals surface area (Å²) in [6, 6.07) is 7.39. The van der Waals surface area contributed by atoms with Gasteiger partial charge in [0, 0.05) is 4.90 Å². The molecule has 0 aromatic heterocycles. The molecule has 1 rings (SSSR count). The fourth-order valence-corrected chi connectivity index (χ4v) is 1.93. The average Bonchev–Trinajstić information content (AvgIpc) is 2.04. The number of aryl methyl sites for hydroxylation is 1. The van der Waals surface area contributed by atoms with Gasteiger partial charge in [-0.15, -0.1) is 0 Å². The molecule has 0 saturated heterocycles. The Bertz CT molecular complexity index is 327. The predicted molar refractivity (Wildman–Crippen MR) is 53.1 cm³/mol. The number of carbonyl (C=O) groups is 1. The van der Waals surface area contributed by atoms with E-state index in [2.05, 4.69) is 0 Å². The van der Waals surface area contributed by atoms with E-state index in [4.69, 9.17) is 0 Å². The van der Waals surface area contributed by atoms with Crippen LogP contribution < -0.4 is 0 Å². The van der Waals surface area contributed by atoms with Crippen LogP contribution in [0.4, 0.5) is 0 Å². The lowest BCUT2D eigenvalue weighted by molar-refractivity contribution is -0.114. The Morgan fingerprint density at radius 3 is 2.31 bits per heavy atom. The summed E-state index contributed by atoms with van der Waals surface area (Å²) < 4.78 is 11.5. The van der Waals surface area contributed by atoms with Crippen LogP contribution in [-0.2, 0) is 15.6 Å². The summed E-state index contributed by atoms with van der Waals surface area (Å²) in [4.78, 5) is 11.4. The number of Topliss-reactive ketones (excluding diaryl/α,β-unsaturated/α-hetero) is 1. The number of hydrogen-bond acceptors (Lipinski definition) is 2. The van der Waals surface area contributed by atoms with E-state index in [0.717, 1.165) is 10.5 Å². The highest BCUT2D eigenvalue weighted by atomic mass is 32.2. The molecular formula is C10H12O2S. The van der Waals surface area contributed by atoms with Crippen molar-refractivity contribution in [2.75, 3.05) is 5.75 Å². The first-order valence-electron chi connectivity index (χ1n) is 4.04. The Morgan fingerprint density at radius 2 is 1.85 bits per heavy atom. The van der Waals surface area contributed by atoms with Crippen molar-refractivity contribution >= 4 is 16.6 Å². The maximum Gasteiger partial charge on any atom is 0.142 e. The molecule has 2 nitrogen and oxygen atoms in total. The third kappa shape index (κ3) is 3.11. The van der Waals surface area contributed by atoms with Crippen LogP contribution in [0.1, 0.15) is 12.5 Å². The maximum absolute atomic E-state index is 11.5. The number of hydrogen-bond donors (Lipinski definition) is 0. The second-order valence-electron chi connectivity index (χ2n) is 3.00. The van der Waals surface area contributed by atoms with Gasteiger partial charge in [0.2, 0.25) is 0 Å². The smallest absolute Gasteiger partial charge is 0.142 e. The van der Waals surface area contributed by atoms with Crippen LogP contribution in [0.2, 0.25) is 0 Å².